The second-order valence-corrected chi connectivity index (χ2v) is 8.78. The van der Waals surface area contributed by atoms with Gasteiger partial charge in [-0.3, -0.25) is 9.10 Å². The number of nitrogens with zero attached hydrogens (tertiary/aromatic N) is 1. The van der Waals surface area contributed by atoms with Crippen molar-refractivity contribution >= 4 is 33.3 Å². The Labute approximate surface area is 183 Å². The molecule has 0 unspecified atom stereocenters. The largest absolute Gasteiger partial charge is 0.497 e. The fourth-order valence-corrected chi connectivity index (χ4v) is 4.33. The molecule has 2 aromatic rings. The van der Waals surface area contributed by atoms with Crippen molar-refractivity contribution in [2.24, 2.45) is 0 Å². The van der Waals surface area contributed by atoms with Gasteiger partial charge in [-0.25, -0.2) is 13.2 Å². The number of esters is 1. The van der Waals surface area contributed by atoms with E-state index in [-0.39, 0.29) is 13.0 Å². The third-order valence-electron chi connectivity index (χ3n) is 4.64. The predicted molar refractivity (Wildman–Crippen MR) is 120 cm³/mol. The molecule has 0 aliphatic heterocycles. The summed E-state index contributed by atoms with van der Waals surface area (Å²) in [5.41, 5.74) is 1.75. The number of anilines is 2. The highest BCUT2D eigenvalue weighted by Crippen LogP contribution is 2.27. The van der Waals surface area contributed by atoms with Crippen molar-refractivity contribution in [2.75, 3.05) is 29.6 Å². The van der Waals surface area contributed by atoms with Gasteiger partial charge in [-0.05, 0) is 50.1 Å². The lowest BCUT2D eigenvalue weighted by molar-refractivity contribution is -0.117. The number of carbonyl (C=O) groups excluding carboxylic acids is 2. The first-order valence-corrected chi connectivity index (χ1v) is 11.7. The Morgan fingerprint density at radius 1 is 1.13 bits per heavy atom. The molecule has 0 saturated carbocycles. The minimum absolute atomic E-state index is 0.229. The van der Waals surface area contributed by atoms with Crippen molar-refractivity contribution in [1.29, 1.82) is 0 Å². The number of aryl methyl sites for hydroxylation is 1. The Balaban J connectivity index is 2.40. The maximum absolute atomic E-state index is 13.2. The van der Waals surface area contributed by atoms with E-state index in [9.17, 15) is 18.0 Å². The number of benzene rings is 2. The average Bonchev–Trinajstić information content (AvgIpc) is 2.72. The fraction of sp³-hybridized carbons (Fsp3) is 0.364. The van der Waals surface area contributed by atoms with Gasteiger partial charge in [-0.15, -0.1) is 0 Å². The van der Waals surface area contributed by atoms with Crippen LogP contribution in [0.25, 0.3) is 0 Å². The normalized spacial score (nSPS) is 12.0. The molecule has 0 spiro atoms. The minimum atomic E-state index is -3.79. The van der Waals surface area contributed by atoms with Crippen LogP contribution in [-0.4, -0.2) is 46.3 Å². The van der Waals surface area contributed by atoms with Crippen LogP contribution in [0.1, 0.15) is 36.2 Å². The first-order valence-electron chi connectivity index (χ1n) is 9.84. The molecule has 31 heavy (non-hydrogen) atoms. The number of hydrogen-bond acceptors (Lipinski definition) is 6. The van der Waals surface area contributed by atoms with Gasteiger partial charge >= 0.3 is 5.97 Å². The maximum atomic E-state index is 13.2. The number of rotatable bonds is 9. The van der Waals surface area contributed by atoms with Crippen molar-refractivity contribution in [3.8, 4) is 5.75 Å². The number of hydrogen-bond donors (Lipinski definition) is 1. The van der Waals surface area contributed by atoms with Gasteiger partial charge < -0.3 is 14.8 Å². The Bertz CT molecular complexity index is 1050. The summed E-state index contributed by atoms with van der Waals surface area (Å²) in [7, 11) is -2.31. The van der Waals surface area contributed by atoms with E-state index in [1.54, 1.807) is 57.2 Å². The van der Waals surface area contributed by atoms with E-state index in [1.165, 1.54) is 13.2 Å². The molecule has 0 aliphatic rings. The molecule has 0 fully saturated rings. The van der Waals surface area contributed by atoms with Gasteiger partial charge in [0.15, 0.2) is 0 Å². The van der Waals surface area contributed by atoms with Gasteiger partial charge in [-0.2, -0.15) is 0 Å². The molecule has 0 aromatic heterocycles. The smallest absolute Gasteiger partial charge is 0.338 e. The van der Waals surface area contributed by atoms with Crippen molar-refractivity contribution < 1.29 is 27.5 Å². The molecule has 0 saturated heterocycles. The predicted octanol–water partition coefficient (Wildman–Crippen LogP) is 3.36. The SMILES string of the molecule is CCOC(=O)c1ccc(C)c(NC(=O)[C@@H](CC)N(c2cccc(OC)c2)S(C)(=O)=O)c1. The molecular formula is C22H28N2O6S. The van der Waals surface area contributed by atoms with Crippen LogP contribution in [0.15, 0.2) is 42.5 Å². The zero-order chi connectivity index (χ0) is 23.2. The zero-order valence-corrected chi connectivity index (χ0v) is 19.2. The van der Waals surface area contributed by atoms with E-state index in [0.717, 1.165) is 16.1 Å². The van der Waals surface area contributed by atoms with Gasteiger partial charge in [0.2, 0.25) is 15.9 Å². The fourth-order valence-electron chi connectivity index (χ4n) is 3.12. The lowest BCUT2D eigenvalue weighted by Gasteiger charge is -2.30. The van der Waals surface area contributed by atoms with Crippen molar-refractivity contribution in [3.63, 3.8) is 0 Å². The molecule has 2 aromatic carbocycles. The number of carbonyl (C=O) groups is 2. The second-order valence-electron chi connectivity index (χ2n) is 6.92. The molecule has 168 valence electrons. The highest BCUT2D eigenvalue weighted by atomic mass is 32.2. The van der Waals surface area contributed by atoms with Crippen LogP contribution in [0, 0.1) is 6.92 Å². The van der Waals surface area contributed by atoms with Gasteiger partial charge in [0.05, 0.1) is 31.2 Å². The van der Waals surface area contributed by atoms with E-state index < -0.39 is 27.9 Å². The standard InChI is InChI=1S/C22H28N2O6S/c1-6-20(24(31(5,27)28)17-9-8-10-18(14-17)29-4)21(25)23-19-13-16(12-11-15(19)3)22(26)30-7-2/h8-14,20H,6-7H2,1-5H3,(H,23,25)/t20-/m1/s1. The summed E-state index contributed by atoms with van der Waals surface area (Å²) in [4.78, 5) is 25.2. The van der Waals surface area contributed by atoms with Crippen molar-refractivity contribution in [2.45, 2.75) is 33.2 Å². The molecule has 8 nitrogen and oxygen atoms in total. The topological polar surface area (TPSA) is 102 Å². The van der Waals surface area contributed by atoms with Crippen molar-refractivity contribution in [3.05, 3.63) is 53.6 Å². The van der Waals surface area contributed by atoms with E-state index in [0.29, 0.717) is 22.7 Å². The van der Waals surface area contributed by atoms with Crippen LogP contribution < -0.4 is 14.4 Å². The molecule has 2 rings (SSSR count). The molecule has 1 amide bonds. The third kappa shape index (κ3) is 5.97. The Morgan fingerprint density at radius 3 is 2.42 bits per heavy atom. The number of methoxy groups -OCH3 is 1. The highest BCUT2D eigenvalue weighted by Gasteiger charge is 2.32. The third-order valence-corrected chi connectivity index (χ3v) is 5.82. The zero-order valence-electron chi connectivity index (χ0n) is 18.3. The molecule has 1 N–H and O–H groups in total. The summed E-state index contributed by atoms with van der Waals surface area (Å²) in [5, 5.41) is 2.77. The van der Waals surface area contributed by atoms with Gasteiger partial charge in [0.25, 0.3) is 0 Å². The Morgan fingerprint density at radius 2 is 1.84 bits per heavy atom. The minimum Gasteiger partial charge on any atom is -0.497 e. The van der Waals surface area contributed by atoms with E-state index in [4.69, 9.17) is 9.47 Å². The van der Waals surface area contributed by atoms with E-state index in [1.807, 2.05) is 0 Å². The van der Waals surface area contributed by atoms with Crippen LogP contribution in [-0.2, 0) is 19.6 Å². The van der Waals surface area contributed by atoms with Crippen molar-refractivity contribution in [1.82, 2.24) is 0 Å². The second kappa shape index (κ2) is 10.3. The quantitative estimate of drug-likeness (QED) is 0.590. The van der Waals surface area contributed by atoms with E-state index in [2.05, 4.69) is 5.32 Å². The van der Waals surface area contributed by atoms with Crippen LogP contribution in [0.5, 0.6) is 5.75 Å². The summed E-state index contributed by atoms with van der Waals surface area (Å²) < 4.78 is 36.5. The van der Waals surface area contributed by atoms with Gasteiger partial charge in [0, 0.05) is 11.8 Å². The molecule has 9 heteroatoms. The van der Waals surface area contributed by atoms with E-state index >= 15 is 0 Å². The summed E-state index contributed by atoms with van der Waals surface area (Å²) in [6.07, 6.45) is 1.28. The number of sulfonamides is 1. The highest BCUT2D eigenvalue weighted by molar-refractivity contribution is 7.92. The molecule has 0 radical (unpaired) electrons. The average molecular weight is 449 g/mol. The Kier molecular flexibility index (Phi) is 8.04. The molecule has 0 heterocycles. The number of ether oxygens (including phenoxy) is 2. The number of amides is 1. The first kappa shape index (κ1) is 24.2. The molecular weight excluding hydrogens is 420 g/mol. The lowest BCUT2D eigenvalue weighted by atomic mass is 10.1. The summed E-state index contributed by atoms with van der Waals surface area (Å²) in [6, 6.07) is 10.3. The monoisotopic (exact) mass is 448 g/mol. The summed E-state index contributed by atoms with van der Waals surface area (Å²) >= 11 is 0. The van der Waals surface area contributed by atoms with Crippen LogP contribution >= 0.6 is 0 Å². The Hall–Kier alpha value is -3.07. The van der Waals surface area contributed by atoms with Gasteiger partial charge in [0.1, 0.15) is 11.8 Å². The van der Waals surface area contributed by atoms with Crippen LogP contribution in [0.4, 0.5) is 11.4 Å². The van der Waals surface area contributed by atoms with Crippen LogP contribution in [0.2, 0.25) is 0 Å². The lowest BCUT2D eigenvalue weighted by Crippen LogP contribution is -2.47. The summed E-state index contributed by atoms with van der Waals surface area (Å²) in [5.74, 6) is -0.543. The maximum Gasteiger partial charge on any atom is 0.338 e. The van der Waals surface area contributed by atoms with Gasteiger partial charge in [-0.1, -0.05) is 19.1 Å². The molecule has 0 aliphatic carbocycles. The molecule has 1 atom stereocenters. The van der Waals surface area contributed by atoms with Crippen LogP contribution in [0.3, 0.4) is 0 Å². The first-order chi connectivity index (χ1) is 14.6. The summed E-state index contributed by atoms with van der Waals surface area (Å²) in [6.45, 7) is 5.45. The molecule has 0 bridgehead atoms. The number of nitrogens with one attached hydrogen (secondary N) is 1.